The number of rotatable bonds is 8. The third-order valence-electron chi connectivity index (χ3n) is 3.13. The molecule has 0 spiro atoms. The Morgan fingerprint density at radius 2 is 2.21 bits per heavy atom. The Kier molecular flexibility index (Phi) is 7.84. The highest BCUT2D eigenvalue weighted by molar-refractivity contribution is 7.80. The van der Waals surface area contributed by atoms with Gasteiger partial charge in [-0.1, -0.05) is 25.6 Å². The molecule has 1 rings (SSSR count). The largest absolute Gasteiger partial charge is 0.516 e. The minimum Gasteiger partial charge on any atom is -0.516 e. The van der Waals surface area contributed by atoms with Crippen LogP contribution >= 0.6 is 12.2 Å². The van der Waals surface area contributed by atoms with Crippen LogP contribution in [0.1, 0.15) is 30.9 Å². The van der Waals surface area contributed by atoms with Crippen molar-refractivity contribution in [3.05, 3.63) is 39.6 Å². The average Bonchev–Trinajstić information content (AvgIpc) is 2.53. The molecule has 0 heterocycles. The van der Waals surface area contributed by atoms with Gasteiger partial charge in [0.2, 0.25) is 0 Å². The van der Waals surface area contributed by atoms with Crippen molar-refractivity contribution in [3.8, 4) is 0 Å². The first-order valence-electron chi connectivity index (χ1n) is 7.53. The van der Waals surface area contributed by atoms with Crippen LogP contribution in [0, 0.1) is 10.1 Å². The van der Waals surface area contributed by atoms with Gasteiger partial charge in [-0.25, -0.2) is 4.99 Å². The van der Waals surface area contributed by atoms with E-state index in [1.165, 1.54) is 18.5 Å². The Balaban J connectivity index is 3.46. The normalized spacial score (nSPS) is 11.1. The molecule has 0 aliphatic carbocycles. The molecule has 0 radical (unpaired) electrons. The molecule has 0 atom stereocenters. The topological polar surface area (TPSA) is 91.0 Å². The molecule has 24 heavy (non-hydrogen) atoms. The number of nitrogens with zero attached hydrogens (tertiary/aromatic N) is 3. The molecule has 0 saturated heterocycles. The zero-order valence-corrected chi connectivity index (χ0v) is 14.8. The Hall–Kier alpha value is -2.48. The van der Waals surface area contributed by atoms with Crippen molar-refractivity contribution >= 4 is 41.0 Å². The summed E-state index contributed by atoms with van der Waals surface area (Å²) in [6.07, 6.45) is 5.52. The minimum absolute atomic E-state index is 0.140. The number of hydrogen-bond acceptors (Lipinski definition) is 5. The first kappa shape index (κ1) is 19.6. The Labute approximate surface area is 146 Å². The van der Waals surface area contributed by atoms with Crippen LogP contribution in [0.5, 0.6) is 0 Å². The van der Waals surface area contributed by atoms with Crippen LogP contribution in [0.4, 0.5) is 11.4 Å². The Bertz CT molecular complexity index is 657. The number of nitro benzene ring substituents is 1. The molecule has 7 nitrogen and oxygen atoms in total. The van der Waals surface area contributed by atoms with E-state index in [1.807, 2.05) is 0 Å². The molecule has 0 fully saturated rings. The van der Waals surface area contributed by atoms with E-state index >= 15 is 0 Å². The zero-order valence-electron chi connectivity index (χ0n) is 14.0. The summed E-state index contributed by atoms with van der Waals surface area (Å²) in [6.45, 7) is 2.79. The van der Waals surface area contributed by atoms with Crippen molar-refractivity contribution < 1.29 is 10.0 Å². The molecule has 0 saturated carbocycles. The van der Waals surface area contributed by atoms with Crippen LogP contribution in [0.25, 0.3) is 6.08 Å². The van der Waals surface area contributed by atoms with Crippen LogP contribution in [-0.2, 0) is 0 Å². The highest BCUT2D eigenvalue weighted by Crippen LogP contribution is 2.31. The van der Waals surface area contributed by atoms with Crippen molar-refractivity contribution in [2.24, 2.45) is 4.99 Å². The first-order chi connectivity index (χ1) is 11.4. The smallest absolute Gasteiger partial charge is 0.277 e. The van der Waals surface area contributed by atoms with Crippen LogP contribution in [0.15, 0.2) is 23.4 Å². The molecule has 0 aliphatic heterocycles. The molecule has 0 aliphatic rings. The number of aliphatic imine (C=N–C) groups is 1. The van der Waals surface area contributed by atoms with Crippen LogP contribution in [0.3, 0.4) is 0 Å². The van der Waals surface area contributed by atoms with Crippen molar-refractivity contribution in [1.82, 2.24) is 4.90 Å². The molecule has 2 N–H and O–H groups in total. The number of aliphatic hydroxyl groups excluding tert-OH is 1. The second kappa shape index (κ2) is 9.61. The highest BCUT2D eigenvalue weighted by Gasteiger charge is 2.21. The van der Waals surface area contributed by atoms with Crippen LogP contribution < -0.4 is 5.32 Å². The molecule has 130 valence electrons. The minimum atomic E-state index is -0.507. The van der Waals surface area contributed by atoms with Gasteiger partial charge in [0.15, 0.2) is 0 Å². The van der Waals surface area contributed by atoms with E-state index in [2.05, 4.69) is 17.2 Å². The third kappa shape index (κ3) is 5.31. The standard InChI is InChI=1S/C16H22N4O3S/c1-4-5-9-17-13-6-7-14(20(22)23)12(8-10-21)15(13)16(24)18-11-19(2)3/h6-8,10-11,17,21H,4-5,9H2,1-3H3/b10-8+,18-11?. The predicted molar refractivity (Wildman–Crippen MR) is 102 cm³/mol. The van der Waals surface area contributed by atoms with Crippen molar-refractivity contribution in [2.45, 2.75) is 19.8 Å². The summed E-state index contributed by atoms with van der Waals surface area (Å²) >= 11 is 5.35. The summed E-state index contributed by atoms with van der Waals surface area (Å²) in [5, 5.41) is 23.7. The van der Waals surface area contributed by atoms with Crippen LogP contribution in [-0.4, -0.2) is 46.9 Å². The molecule has 8 heteroatoms. The van der Waals surface area contributed by atoms with E-state index in [0.29, 0.717) is 17.8 Å². The Morgan fingerprint density at radius 1 is 1.50 bits per heavy atom. The number of anilines is 1. The molecular weight excluding hydrogens is 328 g/mol. The number of thiocarbonyl (C=S) groups is 1. The SMILES string of the molecule is CCCCNc1ccc([N+](=O)[O-])c(/C=C/O)c1C(=S)N=CN(C)C. The summed E-state index contributed by atoms with van der Waals surface area (Å²) in [6, 6.07) is 3.01. The fourth-order valence-corrected chi connectivity index (χ4v) is 2.29. The van der Waals surface area contributed by atoms with Gasteiger partial charge in [-0.3, -0.25) is 10.1 Å². The molecule has 0 amide bonds. The van der Waals surface area contributed by atoms with E-state index in [4.69, 9.17) is 17.3 Å². The number of unbranched alkanes of at least 4 members (excludes halogenated alkanes) is 1. The molecule has 1 aromatic rings. The maximum atomic E-state index is 11.3. The van der Waals surface area contributed by atoms with Crippen molar-refractivity contribution in [2.75, 3.05) is 26.0 Å². The fourth-order valence-electron chi connectivity index (χ4n) is 2.02. The maximum absolute atomic E-state index is 11.3. The first-order valence-corrected chi connectivity index (χ1v) is 7.94. The van der Waals surface area contributed by atoms with Gasteiger partial charge in [0.05, 0.1) is 23.1 Å². The molecule has 0 unspecified atom stereocenters. The number of benzene rings is 1. The van der Waals surface area contributed by atoms with Gasteiger partial charge in [-0.15, -0.1) is 0 Å². The molecular formula is C16H22N4O3S. The lowest BCUT2D eigenvalue weighted by atomic mass is 10.0. The van der Waals surface area contributed by atoms with Crippen molar-refractivity contribution in [3.63, 3.8) is 0 Å². The summed E-state index contributed by atoms with van der Waals surface area (Å²) in [5.74, 6) is 0. The van der Waals surface area contributed by atoms with Gasteiger partial charge < -0.3 is 15.3 Å². The number of nitro groups is 1. The zero-order chi connectivity index (χ0) is 18.1. The van der Waals surface area contributed by atoms with Gasteiger partial charge >= 0.3 is 0 Å². The van der Waals surface area contributed by atoms with Gasteiger partial charge in [0.1, 0.15) is 4.99 Å². The Morgan fingerprint density at radius 3 is 2.75 bits per heavy atom. The second-order valence-corrected chi connectivity index (χ2v) is 5.67. The van der Waals surface area contributed by atoms with Gasteiger partial charge in [0.25, 0.3) is 5.69 Å². The maximum Gasteiger partial charge on any atom is 0.277 e. The number of aliphatic hydroxyl groups is 1. The molecule has 0 aromatic heterocycles. The summed E-state index contributed by atoms with van der Waals surface area (Å²) in [5.41, 5.74) is 1.17. The van der Waals surface area contributed by atoms with E-state index < -0.39 is 4.92 Å². The quantitative estimate of drug-likeness (QED) is 0.142. The summed E-state index contributed by atoms with van der Waals surface area (Å²) < 4.78 is 0. The third-order valence-corrected chi connectivity index (χ3v) is 3.44. The summed E-state index contributed by atoms with van der Waals surface area (Å²) in [7, 11) is 3.60. The summed E-state index contributed by atoms with van der Waals surface area (Å²) in [4.78, 5) is 16.9. The molecule has 0 bridgehead atoms. The number of nitrogens with one attached hydrogen (secondary N) is 1. The lowest BCUT2D eigenvalue weighted by molar-refractivity contribution is -0.385. The van der Waals surface area contributed by atoms with E-state index in [1.54, 1.807) is 25.1 Å². The number of hydrogen-bond donors (Lipinski definition) is 2. The van der Waals surface area contributed by atoms with Gasteiger partial charge in [-0.2, -0.15) is 0 Å². The lowest BCUT2D eigenvalue weighted by Crippen LogP contribution is -2.12. The monoisotopic (exact) mass is 350 g/mol. The van der Waals surface area contributed by atoms with Gasteiger partial charge in [0, 0.05) is 38.0 Å². The predicted octanol–water partition coefficient (Wildman–Crippen LogP) is 3.60. The van der Waals surface area contributed by atoms with E-state index in [9.17, 15) is 10.1 Å². The fraction of sp³-hybridized carbons (Fsp3) is 0.375. The highest BCUT2D eigenvalue weighted by atomic mass is 32.1. The average molecular weight is 350 g/mol. The molecule has 1 aromatic carbocycles. The lowest BCUT2D eigenvalue weighted by Gasteiger charge is -2.14. The van der Waals surface area contributed by atoms with Gasteiger partial charge in [-0.05, 0) is 18.6 Å². The van der Waals surface area contributed by atoms with Crippen molar-refractivity contribution in [1.29, 1.82) is 0 Å². The second-order valence-electron chi connectivity index (χ2n) is 5.29. The van der Waals surface area contributed by atoms with Crippen LogP contribution in [0.2, 0.25) is 0 Å². The van der Waals surface area contributed by atoms with E-state index in [0.717, 1.165) is 19.1 Å². The van der Waals surface area contributed by atoms with E-state index in [-0.39, 0.29) is 16.2 Å².